The number of benzene rings is 1. The van der Waals surface area contributed by atoms with Gasteiger partial charge in [0.25, 0.3) is 18.5 Å². The molecule has 0 saturated carbocycles. The minimum atomic E-state index is -3.55. The molecule has 0 unspecified atom stereocenters. The number of furan rings is 1. The fourth-order valence-electron chi connectivity index (χ4n) is 2.60. The van der Waals surface area contributed by atoms with Gasteiger partial charge in [0.2, 0.25) is 5.72 Å². The van der Waals surface area contributed by atoms with E-state index < -0.39 is 47.3 Å². The Morgan fingerprint density at radius 2 is 1.93 bits per heavy atom. The number of non-ortho nitro benzene ring substituents is 1. The number of carbonyl (C=O) groups excluding carboxylic acids is 1. The second-order valence-corrected chi connectivity index (χ2v) is 6.17. The average molecular weight is 431 g/mol. The number of rotatable bonds is 7. The third-order valence-corrected chi connectivity index (χ3v) is 4.13. The predicted octanol–water partition coefficient (Wildman–Crippen LogP) is 3.19. The number of nitro groups is 1. The smallest absolute Gasteiger partial charge is 0.312 e. The Morgan fingerprint density at radius 1 is 1.27 bits per heavy atom. The van der Waals surface area contributed by atoms with Gasteiger partial charge in [-0.25, -0.2) is 17.6 Å². The third kappa shape index (κ3) is 4.10. The Morgan fingerprint density at radius 3 is 2.50 bits per heavy atom. The lowest BCUT2D eigenvalue weighted by molar-refractivity contribution is -0.384. The molecule has 1 amide bonds. The molecule has 1 N–H and O–H groups in total. The molecular weight excluding hydrogens is 418 g/mol. The molecule has 0 radical (unpaired) electrons. The lowest BCUT2D eigenvalue weighted by atomic mass is 10.1. The number of hydrogen-bond acceptors (Lipinski definition) is 7. The van der Waals surface area contributed by atoms with Gasteiger partial charge in [0.1, 0.15) is 23.8 Å². The van der Waals surface area contributed by atoms with Crippen molar-refractivity contribution in [3.05, 3.63) is 58.0 Å². The molecule has 0 aliphatic carbocycles. The van der Waals surface area contributed by atoms with Crippen LogP contribution in [0, 0.1) is 10.1 Å². The van der Waals surface area contributed by atoms with Crippen LogP contribution >= 0.6 is 0 Å². The highest BCUT2D eigenvalue weighted by Gasteiger charge is 2.54. The molecule has 1 aliphatic heterocycles. The number of halogens is 4. The van der Waals surface area contributed by atoms with Crippen LogP contribution in [-0.4, -0.2) is 45.2 Å². The summed E-state index contributed by atoms with van der Waals surface area (Å²) in [6.45, 7) is -0.226. The van der Waals surface area contributed by atoms with E-state index in [1.165, 1.54) is 30.3 Å². The summed E-state index contributed by atoms with van der Waals surface area (Å²) >= 11 is 0. The van der Waals surface area contributed by atoms with Gasteiger partial charge in [-0.15, -0.1) is 0 Å². The van der Waals surface area contributed by atoms with E-state index in [-0.39, 0.29) is 28.8 Å². The van der Waals surface area contributed by atoms with Crippen LogP contribution in [0.2, 0.25) is 0 Å². The summed E-state index contributed by atoms with van der Waals surface area (Å²) < 4.78 is 62.6. The van der Waals surface area contributed by atoms with Gasteiger partial charge < -0.3 is 14.3 Å². The summed E-state index contributed by atoms with van der Waals surface area (Å²) in [6.07, 6.45) is -7.98. The van der Waals surface area contributed by atoms with E-state index in [1.807, 2.05) is 0 Å². The zero-order chi connectivity index (χ0) is 22.1. The van der Waals surface area contributed by atoms with Gasteiger partial charge in [0.15, 0.2) is 5.76 Å². The Labute approximate surface area is 165 Å². The fourth-order valence-corrected chi connectivity index (χ4v) is 2.60. The maximum Gasteiger partial charge on any atom is 0.312 e. The van der Waals surface area contributed by atoms with Gasteiger partial charge in [-0.2, -0.15) is 10.1 Å². The van der Waals surface area contributed by atoms with Gasteiger partial charge >= 0.3 is 5.91 Å². The molecule has 13 heteroatoms. The largest absolute Gasteiger partial charge is 0.486 e. The van der Waals surface area contributed by atoms with Gasteiger partial charge in [0, 0.05) is 18.6 Å². The van der Waals surface area contributed by atoms with Crippen LogP contribution in [0.5, 0.6) is 5.75 Å². The zero-order valence-corrected chi connectivity index (χ0v) is 14.9. The molecule has 0 bridgehead atoms. The van der Waals surface area contributed by atoms with Crippen molar-refractivity contribution >= 4 is 17.3 Å². The highest BCUT2D eigenvalue weighted by molar-refractivity contribution is 5.97. The first-order valence-electron chi connectivity index (χ1n) is 8.28. The first-order chi connectivity index (χ1) is 14.1. The normalized spacial score (nSPS) is 18.8. The molecule has 160 valence electrons. The van der Waals surface area contributed by atoms with Crippen molar-refractivity contribution in [3.63, 3.8) is 0 Å². The van der Waals surface area contributed by atoms with Crippen LogP contribution in [0.1, 0.15) is 22.7 Å². The van der Waals surface area contributed by atoms with E-state index in [4.69, 9.17) is 9.15 Å². The monoisotopic (exact) mass is 431 g/mol. The summed E-state index contributed by atoms with van der Waals surface area (Å²) in [6, 6.07) is 7.45. The van der Waals surface area contributed by atoms with Crippen LogP contribution in [0.4, 0.5) is 23.2 Å². The van der Waals surface area contributed by atoms with Crippen LogP contribution < -0.4 is 4.74 Å². The maximum atomic E-state index is 13.2. The second-order valence-electron chi connectivity index (χ2n) is 6.17. The molecule has 9 nitrogen and oxygen atoms in total. The maximum absolute atomic E-state index is 13.2. The minimum Gasteiger partial charge on any atom is -0.486 e. The van der Waals surface area contributed by atoms with Crippen molar-refractivity contribution in [2.45, 2.75) is 31.6 Å². The molecule has 3 rings (SSSR count). The standard InChI is InChI=1S/C17H13F4N3O6/c18-14(19)12-7-17(26,16(20)21)23(22-12)15(25)13-6-5-11(30-13)8-29-10-3-1-9(2-4-10)24(27)28/h1-6,14,16,26H,7-8H2/t17-/m1/s1. The first-order valence-corrected chi connectivity index (χ1v) is 8.28. The molecular formula is C17H13F4N3O6. The van der Waals surface area contributed by atoms with Gasteiger partial charge in [-0.05, 0) is 24.3 Å². The molecule has 0 fully saturated rings. The molecule has 1 aromatic heterocycles. The molecule has 0 spiro atoms. The number of carbonyl (C=O) groups is 1. The van der Waals surface area contributed by atoms with Crippen LogP contribution in [0.15, 0.2) is 45.9 Å². The Hall–Kier alpha value is -3.48. The van der Waals surface area contributed by atoms with E-state index in [2.05, 4.69) is 5.10 Å². The number of nitro benzene ring substituents is 1. The van der Waals surface area contributed by atoms with Crippen LogP contribution in [-0.2, 0) is 6.61 Å². The minimum absolute atomic E-state index is 0.0644. The van der Waals surface area contributed by atoms with Crippen molar-refractivity contribution in [1.29, 1.82) is 0 Å². The number of hydrazone groups is 1. The van der Waals surface area contributed by atoms with Crippen molar-refractivity contribution in [1.82, 2.24) is 5.01 Å². The van der Waals surface area contributed by atoms with Crippen LogP contribution in [0.25, 0.3) is 0 Å². The number of alkyl halides is 4. The van der Waals surface area contributed by atoms with Gasteiger partial charge in [-0.3, -0.25) is 14.9 Å². The molecule has 1 aliphatic rings. The Balaban J connectivity index is 1.71. The molecule has 30 heavy (non-hydrogen) atoms. The summed E-state index contributed by atoms with van der Waals surface area (Å²) in [5, 5.41) is 23.6. The van der Waals surface area contributed by atoms with E-state index in [0.29, 0.717) is 0 Å². The van der Waals surface area contributed by atoms with Crippen molar-refractivity contribution < 1.29 is 41.5 Å². The summed E-state index contributed by atoms with van der Waals surface area (Å²) in [4.78, 5) is 22.4. The predicted molar refractivity (Wildman–Crippen MR) is 91.3 cm³/mol. The van der Waals surface area contributed by atoms with Crippen molar-refractivity contribution in [2.75, 3.05) is 0 Å². The average Bonchev–Trinajstić information content (AvgIpc) is 3.31. The Kier molecular flexibility index (Phi) is 5.73. The zero-order valence-electron chi connectivity index (χ0n) is 14.9. The SMILES string of the molecule is O=C(c1ccc(COc2ccc([N+](=O)[O-])cc2)o1)N1N=C(C(F)F)C[C@@]1(O)C(F)F. The lowest BCUT2D eigenvalue weighted by Gasteiger charge is -2.29. The fraction of sp³-hybridized carbons (Fsp3) is 0.294. The number of nitrogens with zero attached hydrogens (tertiary/aromatic N) is 3. The van der Waals surface area contributed by atoms with Gasteiger partial charge in [-0.1, -0.05) is 0 Å². The molecule has 0 saturated heterocycles. The molecule has 2 heterocycles. The number of aliphatic hydroxyl groups is 1. The van der Waals surface area contributed by atoms with E-state index in [0.717, 1.165) is 6.07 Å². The van der Waals surface area contributed by atoms with Crippen molar-refractivity contribution in [3.8, 4) is 5.75 Å². The van der Waals surface area contributed by atoms with E-state index in [9.17, 15) is 37.6 Å². The highest BCUT2D eigenvalue weighted by atomic mass is 19.3. The summed E-state index contributed by atoms with van der Waals surface area (Å²) in [7, 11) is 0. The number of hydrogen-bond donors (Lipinski definition) is 1. The first kappa shape index (κ1) is 21.2. The van der Waals surface area contributed by atoms with E-state index >= 15 is 0 Å². The molecule has 1 atom stereocenters. The summed E-state index contributed by atoms with van der Waals surface area (Å²) in [5.74, 6) is -1.55. The number of amides is 1. The quantitative estimate of drug-likeness (QED) is 0.409. The van der Waals surface area contributed by atoms with Crippen molar-refractivity contribution in [2.24, 2.45) is 5.10 Å². The topological polar surface area (TPSA) is 118 Å². The highest BCUT2D eigenvalue weighted by Crippen LogP contribution is 2.34. The van der Waals surface area contributed by atoms with E-state index in [1.54, 1.807) is 0 Å². The van der Waals surface area contributed by atoms with Gasteiger partial charge in [0.05, 0.1) is 4.92 Å². The molecule has 1 aromatic carbocycles. The summed E-state index contributed by atoms with van der Waals surface area (Å²) in [5.41, 5.74) is -4.42. The third-order valence-electron chi connectivity index (χ3n) is 4.13. The molecule has 2 aromatic rings. The Bertz CT molecular complexity index is 978. The second kappa shape index (κ2) is 8.10. The number of ether oxygens (including phenoxy) is 1. The lowest BCUT2D eigenvalue weighted by Crippen LogP contribution is -2.51. The van der Waals surface area contributed by atoms with Crippen LogP contribution in [0.3, 0.4) is 0 Å².